The minimum atomic E-state index is -1.85. The third-order valence-electron chi connectivity index (χ3n) is 14.5. The molecule has 18 heteroatoms. The number of carbonyl (C=O) groups excluding carboxylic acids is 3. The lowest BCUT2D eigenvalue weighted by molar-refractivity contribution is -0.319. The van der Waals surface area contributed by atoms with Crippen LogP contribution in [0.1, 0.15) is 116 Å². The van der Waals surface area contributed by atoms with Gasteiger partial charge in [-0.3, -0.25) is 9.59 Å². The predicted molar refractivity (Wildman–Crippen MR) is 241 cm³/mol. The first-order chi connectivity index (χ1) is 29.4. The van der Waals surface area contributed by atoms with Crippen LogP contribution in [-0.2, 0) is 47.5 Å². The maximum Gasteiger partial charge on any atom is 0.330 e. The Morgan fingerprint density at radius 1 is 0.938 bits per heavy atom. The van der Waals surface area contributed by atoms with E-state index in [1.807, 2.05) is 58.6 Å². The summed E-state index contributed by atoms with van der Waals surface area (Å²) in [4.78, 5) is 46.5. The van der Waals surface area contributed by atoms with Crippen molar-refractivity contribution in [1.82, 2.24) is 14.7 Å². The van der Waals surface area contributed by atoms with Gasteiger partial charge in [0.15, 0.2) is 18.7 Å². The highest BCUT2D eigenvalue weighted by Crippen LogP contribution is 2.42. The number of aliphatic hydroxyl groups is 4. The molecule has 0 aromatic rings. The van der Waals surface area contributed by atoms with Gasteiger partial charge >= 0.3 is 11.9 Å². The minimum Gasteiger partial charge on any atom is -0.459 e. The van der Waals surface area contributed by atoms with Gasteiger partial charge in [-0.2, -0.15) is 0 Å². The van der Waals surface area contributed by atoms with E-state index in [-0.39, 0.29) is 37.2 Å². The van der Waals surface area contributed by atoms with Crippen LogP contribution in [0.3, 0.4) is 0 Å². The number of nitrogens with zero attached hydrogens (tertiary/aromatic N) is 3. The second-order valence-electron chi connectivity index (χ2n) is 20.7. The summed E-state index contributed by atoms with van der Waals surface area (Å²) < 4.78 is 45.0. The minimum absolute atomic E-state index is 0.0843. The summed E-state index contributed by atoms with van der Waals surface area (Å²) in [5, 5.41) is 47.5. The standard InChI is InChI=1S/C46H83N3O14S/c1-18-33-46(13,56)37(51)28(6)48(16)22-24(2)20-44(11,55)39(26(4)35(27(5)40(53)60-33)61-34-21-45(12,57-17)38(52)29(7)59-34)63-42-36(31(47(14)15)19-25(3)58-42)62-41(54)32-23-64-43(9,10)49(32)30(8)50/h24-29,31-39,42,51-52,55-56H,18-23H2,1-17H3/t24-,25-,26+,27-,28-,29+,31+,32?,33-,34+,35+,36-,37-,38+,39-,42+,44-,45-,46-/m1/s1. The summed E-state index contributed by atoms with van der Waals surface area (Å²) >= 11 is 1.49. The van der Waals surface area contributed by atoms with Crippen molar-refractivity contribution in [3.05, 3.63) is 0 Å². The number of hydrogen-bond donors (Lipinski definition) is 4. The smallest absolute Gasteiger partial charge is 0.330 e. The molecule has 4 N–H and O–H groups in total. The molecule has 4 aliphatic rings. The van der Waals surface area contributed by atoms with Crippen LogP contribution in [0.25, 0.3) is 0 Å². The van der Waals surface area contributed by atoms with E-state index in [2.05, 4.69) is 0 Å². The van der Waals surface area contributed by atoms with Gasteiger partial charge in [-0.05, 0) is 109 Å². The van der Waals surface area contributed by atoms with E-state index >= 15 is 0 Å². The molecule has 0 aromatic carbocycles. The highest BCUT2D eigenvalue weighted by molar-refractivity contribution is 8.00. The van der Waals surface area contributed by atoms with Gasteiger partial charge in [0.05, 0.1) is 52.4 Å². The number of amides is 1. The number of cyclic esters (lactones) is 1. The molecule has 0 saturated carbocycles. The Morgan fingerprint density at radius 3 is 2.12 bits per heavy atom. The van der Waals surface area contributed by atoms with E-state index in [1.165, 1.54) is 32.7 Å². The quantitative estimate of drug-likeness (QED) is 0.245. The second-order valence-corrected chi connectivity index (χ2v) is 22.4. The summed E-state index contributed by atoms with van der Waals surface area (Å²) in [6, 6.07) is -1.84. The van der Waals surface area contributed by atoms with Crippen LogP contribution in [0.4, 0.5) is 0 Å². The topological polar surface area (TPSA) is 206 Å². The van der Waals surface area contributed by atoms with Crippen LogP contribution in [0.2, 0.25) is 0 Å². The number of thioether (sulfide) groups is 1. The van der Waals surface area contributed by atoms with Gasteiger partial charge in [-0.15, -0.1) is 11.8 Å². The first-order valence-corrected chi connectivity index (χ1v) is 24.1. The van der Waals surface area contributed by atoms with Crippen molar-refractivity contribution in [2.75, 3.05) is 40.6 Å². The summed E-state index contributed by atoms with van der Waals surface area (Å²) in [5.41, 5.74) is -4.60. The lowest BCUT2D eigenvalue weighted by Crippen LogP contribution is -2.61. The third-order valence-corrected chi connectivity index (χ3v) is 15.9. The highest BCUT2D eigenvalue weighted by atomic mass is 32.2. The van der Waals surface area contributed by atoms with Crippen LogP contribution in [0.15, 0.2) is 0 Å². The van der Waals surface area contributed by atoms with Crippen molar-refractivity contribution in [2.24, 2.45) is 17.8 Å². The van der Waals surface area contributed by atoms with Crippen LogP contribution in [0, 0.1) is 17.8 Å². The maximum absolute atomic E-state index is 14.5. The first-order valence-electron chi connectivity index (χ1n) is 23.1. The first kappa shape index (κ1) is 54.9. The average Bonchev–Trinajstić information content (AvgIpc) is 3.53. The molecule has 0 radical (unpaired) electrons. The van der Waals surface area contributed by atoms with Crippen LogP contribution < -0.4 is 0 Å². The lowest BCUT2D eigenvalue weighted by Gasteiger charge is -2.49. The third kappa shape index (κ3) is 11.9. The zero-order chi connectivity index (χ0) is 48.6. The number of methoxy groups -OCH3 is 1. The summed E-state index contributed by atoms with van der Waals surface area (Å²) in [7, 11) is 7.08. The van der Waals surface area contributed by atoms with Gasteiger partial charge in [0.25, 0.3) is 0 Å². The molecule has 17 nitrogen and oxygen atoms in total. The van der Waals surface area contributed by atoms with Crippen molar-refractivity contribution in [1.29, 1.82) is 0 Å². The monoisotopic (exact) mass is 934 g/mol. The van der Waals surface area contributed by atoms with Gasteiger partial charge in [0.1, 0.15) is 30.0 Å². The number of hydrogen-bond acceptors (Lipinski definition) is 17. The van der Waals surface area contributed by atoms with Crippen LogP contribution in [-0.4, -0.2) is 195 Å². The molecule has 64 heavy (non-hydrogen) atoms. The van der Waals surface area contributed by atoms with Gasteiger partial charge < -0.3 is 68.3 Å². The molecule has 0 bridgehead atoms. The fraction of sp³-hybridized carbons (Fsp3) is 0.935. The van der Waals surface area contributed by atoms with Crippen molar-refractivity contribution < 1.29 is 68.0 Å². The number of likely N-dealkylation sites (N-methyl/N-ethyl adjacent to an activating group) is 2. The molecule has 372 valence electrons. The Kier molecular flexibility index (Phi) is 18.3. The van der Waals surface area contributed by atoms with Crippen LogP contribution in [0.5, 0.6) is 0 Å². The van der Waals surface area contributed by atoms with E-state index in [0.717, 1.165) is 0 Å². The van der Waals surface area contributed by atoms with Gasteiger partial charge in [-0.25, -0.2) is 4.79 Å². The predicted octanol–water partition coefficient (Wildman–Crippen LogP) is 3.15. The Balaban J connectivity index is 1.87. The Morgan fingerprint density at radius 2 is 1.56 bits per heavy atom. The molecular formula is C46H83N3O14S. The Hall–Kier alpha value is -1.68. The zero-order valence-electron chi connectivity index (χ0n) is 41.6. The molecule has 0 spiro atoms. The van der Waals surface area contributed by atoms with Gasteiger partial charge in [0, 0.05) is 44.7 Å². The van der Waals surface area contributed by atoms with Crippen molar-refractivity contribution in [3.63, 3.8) is 0 Å². The second kappa shape index (κ2) is 21.3. The summed E-state index contributed by atoms with van der Waals surface area (Å²) in [6.45, 7) is 23.1. The van der Waals surface area contributed by atoms with E-state index in [4.69, 9.17) is 33.2 Å². The van der Waals surface area contributed by atoms with E-state index in [0.29, 0.717) is 18.7 Å². The summed E-state index contributed by atoms with van der Waals surface area (Å²) in [5.74, 6) is -3.41. The Bertz CT molecular complexity index is 1590. The van der Waals surface area contributed by atoms with Crippen molar-refractivity contribution in [3.8, 4) is 0 Å². The SMILES string of the molecule is CC[C@H]1OC(=O)[C@H](C)[C@@H](O[C@H]2C[C@@](C)(OC)[C@@H](O)[C@H](C)O2)[C@H](C)[C@@H](O[C@@H]2O[C@H](C)C[C@H](N(C)C)[C@H]2OC(=O)C2CSC(C)(C)N2C(C)=O)[C@](C)(O)C[C@@H](C)CN(C)[C@H](C)[C@@H](O)[C@]1(C)O. The van der Waals surface area contributed by atoms with Gasteiger partial charge in [0.2, 0.25) is 5.91 Å². The van der Waals surface area contributed by atoms with Crippen LogP contribution >= 0.6 is 11.8 Å². The molecule has 4 saturated heterocycles. The van der Waals surface area contributed by atoms with E-state index in [1.54, 1.807) is 53.4 Å². The number of carbonyl (C=O) groups is 3. The fourth-order valence-electron chi connectivity index (χ4n) is 10.6. The van der Waals surface area contributed by atoms with Crippen molar-refractivity contribution in [2.45, 2.75) is 217 Å². The zero-order valence-corrected chi connectivity index (χ0v) is 42.4. The molecule has 4 fully saturated rings. The highest BCUT2D eigenvalue weighted by Gasteiger charge is 2.54. The molecule has 0 aromatic heterocycles. The maximum atomic E-state index is 14.5. The van der Waals surface area contributed by atoms with E-state index < -0.39 is 119 Å². The molecule has 19 atom stereocenters. The molecule has 4 aliphatic heterocycles. The molecule has 1 amide bonds. The van der Waals surface area contributed by atoms with E-state index in [9.17, 15) is 34.8 Å². The number of rotatable bonds is 9. The summed E-state index contributed by atoms with van der Waals surface area (Å²) in [6.07, 6.45) is -9.16. The largest absolute Gasteiger partial charge is 0.459 e. The number of ether oxygens (including phenoxy) is 7. The van der Waals surface area contributed by atoms with Gasteiger partial charge in [-0.1, -0.05) is 20.8 Å². The Labute approximate surface area is 386 Å². The molecule has 1 unspecified atom stereocenters. The lowest BCUT2D eigenvalue weighted by atomic mass is 9.77. The fourth-order valence-corrected chi connectivity index (χ4v) is 11.9. The number of esters is 2. The molecule has 4 rings (SSSR count). The molecular weight excluding hydrogens is 851 g/mol. The normalized spacial score (nSPS) is 45.7. The molecule has 0 aliphatic carbocycles. The van der Waals surface area contributed by atoms with Crippen molar-refractivity contribution >= 4 is 29.6 Å². The average molecular weight is 934 g/mol. The molecule has 4 heterocycles. The number of aliphatic hydroxyl groups excluding tert-OH is 2.